The van der Waals surface area contributed by atoms with Crippen molar-refractivity contribution in [2.45, 2.75) is 58.0 Å². The number of aromatic nitrogens is 2. The van der Waals surface area contributed by atoms with Crippen LogP contribution in [0.2, 0.25) is 0 Å². The van der Waals surface area contributed by atoms with Gasteiger partial charge < -0.3 is 14.2 Å². The van der Waals surface area contributed by atoms with Crippen LogP contribution in [0.25, 0.3) is 11.0 Å². The fraction of sp³-hybridized carbons (Fsp3) is 0.600. The first kappa shape index (κ1) is 18.7. The Morgan fingerprint density at radius 3 is 2.77 bits per heavy atom. The van der Waals surface area contributed by atoms with Gasteiger partial charge in [-0.2, -0.15) is 0 Å². The highest BCUT2D eigenvalue weighted by atomic mass is 16.5. The van der Waals surface area contributed by atoms with Gasteiger partial charge in [0.25, 0.3) is 0 Å². The third-order valence-electron chi connectivity index (χ3n) is 5.17. The van der Waals surface area contributed by atoms with E-state index < -0.39 is 6.09 Å². The number of likely N-dealkylation sites (tertiary alicyclic amines) is 1. The summed E-state index contributed by atoms with van der Waals surface area (Å²) in [7, 11) is 3.58. The minimum atomic E-state index is -0.469. The van der Waals surface area contributed by atoms with Crippen LogP contribution in [0.1, 0.15) is 45.9 Å². The number of likely N-dealkylation sites (N-methyl/N-ethyl adjacent to an activating group) is 1. The van der Waals surface area contributed by atoms with Crippen LogP contribution in [0.5, 0.6) is 0 Å². The number of ether oxygens (including phenoxy) is 1. The van der Waals surface area contributed by atoms with E-state index in [4.69, 9.17) is 4.98 Å². The Hall–Kier alpha value is -2.08. The zero-order chi connectivity index (χ0) is 18.9. The van der Waals surface area contributed by atoms with E-state index in [2.05, 4.69) is 47.3 Å². The van der Waals surface area contributed by atoms with E-state index in [1.807, 2.05) is 18.2 Å². The van der Waals surface area contributed by atoms with Crippen molar-refractivity contribution >= 4 is 22.8 Å². The number of benzene rings is 1. The molecule has 1 saturated heterocycles. The molecule has 142 valence electrons. The molecule has 1 amide bonds. The number of hydrogen-bond acceptors (Lipinski definition) is 4. The van der Waals surface area contributed by atoms with Crippen molar-refractivity contribution in [1.82, 2.24) is 14.5 Å². The van der Waals surface area contributed by atoms with Crippen molar-refractivity contribution in [3.05, 3.63) is 24.0 Å². The number of fused-ring (bicyclic) bond motifs is 1. The summed E-state index contributed by atoms with van der Waals surface area (Å²) in [5, 5.41) is 2.72. The summed E-state index contributed by atoms with van der Waals surface area (Å²) < 4.78 is 7.05. The number of nitrogens with one attached hydrogen (secondary N) is 1. The maximum Gasteiger partial charge on any atom is 0.411 e. The summed E-state index contributed by atoms with van der Waals surface area (Å²) in [6.07, 6.45) is 3.33. The number of carbonyl (C=O) groups is 1. The second-order valence-corrected chi connectivity index (χ2v) is 8.25. The summed E-state index contributed by atoms with van der Waals surface area (Å²) in [4.78, 5) is 18.9. The van der Waals surface area contributed by atoms with Crippen molar-refractivity contribution in [3.63, 3.8) is 0 Å². The fourth-order valence-electron chi connectivity index (χ4n) is 3.72. The topological polar surface area (TPSA) is 59.4 Å². The SMILES string of the molecule is COC(=O)Nc1ccc2c(c1)nc(C(C)(C)C)n2C[C@H]1CCCCN1C. The summed E-state index contributed by atoms with van der Waals surface area (Å²) >= 11 is 0. The molecule has 1 aromatic carbocycles. The maximum atomic E-state index is 11.5. The zero-order valence-corrected chi connectivity index (χ0v) is 16.5. The smallest absolute Gasteiger partial charge is 0.411 e. The summed E-state index contributed by atoms with van der Waals surface area (Å²) in [5.41, 5.74) is 2.67. The number of piperidine rings is 1. The Bertz CT molecular complexity index is 791. The van der Waals surface area contributed by atoms with E-state index in [9.17, 15) is 4.79 Å². The van der Waals surface area contributed by atoms with Gasteiger partial charge in [-0.15, -0.1) is 0 Å². The number of carbonyl (C=O) groups excluding carboxylic acids is 1. The Morgan fingerprint density at radius 1 is 1.35 bits per heavy atom. The fourth-order valence-corrected chi connectivity index (χ4v) is 3.72. The number of hydrogen-bond donors (Lipinski definition) is 1. The standard InChI is InChI=1S/C20H30N4O2/c1-20(2,3)18-22-16-12-14(21-19(25)26-5)9-10-17(16)24(18)13-15-8-6-7-11-23(15)4/h9-10,12,15H,6-8,11,13H2,1-5H3,(H,21,25)/t15-/m1/s1. The van der Waals surface area contributed by atoms with Crippen LogP contribution in [-0.4, -0.2) is 47.3 Å². The average Bonchev–Trinajstić information content (AvgIpc) is 2.95. The molecule has 6 heteroatoms. The second kappa shape index (κ2) is 7.27. The number of anilines is 1. The predicted octanol–water partition coefficient (Wildman–Crippen LogP) is 4.00. The highest BCUT2D eigenvalue weighted by Gasteiger charge is 2.27. The molecule has 2 heterocycles. The highest BCUT2D eigenvalue weighted by Crippen LogP contribution is 2.30. The lowest BCUT2D eigenvalue weighted by molar-refractivity contribution is 0.166. The molecular weight excluding hydrogens is 328 g/mol. The lowest BCUT2D eigenvalue weighted by Crippen LogP contribution is -2.40. The van der Waals surface area contributed by atoms with Crippen LogP contribution in [0.4, 0.5) is 10.5 Å². The van der Waals surface area contributed by atoms with Crippen LogP contribution in [-0.2, 0) is 16.7 Å². The van der Waals surface area contributed by atoms with Crippen LogP contribution >= 0.6 is 0 Å². The molecule has 1 N–H and O–H groups in total. The molecule has 0 saturated carbocycles. The van der Waals surface area contributed by atoms with Gasteiger partial charge in [0.05, 0.1) is 18.1 Å². The molecule has 0 bridgehead atoms. The van der Waals surface area contributed by atoms with Crippen LogP contribution in [0.3, 0.4) is 0 Å². The van der Waals surface area contributed by atoms with Crippen LogP contribution in [0, 0.1) is 0 Å². The maximum absolute atomic E-state index is 11.5. The molecule has 1 fully saturated rings. The van der Waals surface area contributed by atoms with Crippen molar-refractivity contribution in [1.29, 1.82) is 0 Å². The average molecular weight is 358 g/mol. The minimum Gasteiger partial charge on any atom is -0.453 e. The molecule has 0 spiro atoms. The molecule has 1 atom stereocenters. The van der Waals surface area contributed by atoms with Gasteiger partial charge in [-0.3, -0.25) is 5.32 Å². The predicted molar refractivity (Wildman–Crippen MR) is 105 cm³/mol. The van der Waals surface area contributed by atoms with Crippen LogP contribution in [0.15, 0.2) is 18.2 Å². The molecule has 2 aromatic rings. The Morgan fingerprint density at radius 2 is 2.12 bits per heavy atom. The van der Waals surface area contributed by atoms with E-state index >= 15 is 0 Å². The monoisotopic (exact) mass is 358 g/mol. The lowest BCUT2D eigenvalue weighted by atomic mass is 9.95. The molecule has 0 aliphatic carbocycles. The third-order valence-corrected chi connectivity index (χ3v) is 5.17. The van der Waals surface area contributed by atoms with Gasteiger partial charge >= 0.3 is 6.09 Å². The lowest BCUT2D eigenvalue weighted by Gasteiger charge is -2.34. The van der Waals surface area contributed by atoms with Crippen molar-refractivity contribution < 1.29 is 9.53 Å². The minimum absolute atomic E-state index is 0.0534. The first-order chi connectivity index (χ1) is 12.3. The molecule has 6 nitrogen and oxygen atoms in total. The van der Waals surface area contributed by atoms with E-state index in [-0.39, 0.29) is 5.41 Å². The Labute approximate surface area is 155 Å². The van der Waals surface area contributed by atoms with E-state index in [1.165, 1.54) is 26.4 Å². The van der Waals surface area contributed by atoms with Gasteiger partial charge in [-0.25, -0.2) is 9.78 Å². The summed E-state index contributed by atoms with van der Waals surface area (Å²) in [6.45, 7) is 8.70. The Kier molecular flexibility index (Phi) is 5.23. The zero-order valence-electron chi connectivity index (χ0n) is 16.5. The molecule has 0 unspecified atom stereocenters. The number of rotatable bonds is 3. The van der Waals surface area contributed by atoms with Crippen molar-refractivity contribution in [3.8, 4) is 0 Å². The molecule has 0 radical (unpaired) electrons. The number of nitrogens with zero attached hydrogens (tertiary/aromatic N) is 3. The first-order valence-corrected chi connectivity index (χ1v) is 9.35. The van der Waals surface area contributed by atoms with Gasteiger partial charge in [0.2, 0.25) is 0 Å². The largest absolute Gasteiger partial charge is 0.453 e. The molecule has 1 aliphatic rings. The van der Waals surface area contributed by atoms with Gasteiger partial charge in [-0.1, -0.05) is 27.2 Å². The van der Waals surface area contributed by atoms with Gasteiger partial charge in [0, 0.05) is 23.7 Å². The highest BCUT2D eigenvalue weighted by molar-refractivity contribution is 5.89. The number of imidazole rings is 1. The van der Waals surface area contributed by atoms with Gasteiger partial charge in [-0.05, 0) is 44.6 Å². The molecule has 1 aromatic heterocycles. The number of amides is 1. The van der Waals surface area contributed by atoms with Gasteiger partial charge in [0.15, 0.2) is 0 Å². The molecule has 26 heavy (non-hydrogen) atoms. The van der Waals surface area contributed by atoms with E-state index in [0.717, 1.165) is 29.9 Å². The normalized spacial score (nSPS) is 18.9. The third kappa shape index (κ3) is 3.85. The number of methoxy groups -OCH3 is 1. The first-order valence-electron chi connectivity index (χ1n) is 9.35. The van der Waals surface area contributed by atoms with E-state index in [0.29, 0.717) is 11.7 Å². The summed E-state index contributed by atoms with van der Waals surface area (Å²) in [5.74, 6) is 1.08. The van der Waals surface area contributed by atoms with Crippen molar-refractivity contribution in [2.24, 2.45) is 0 Å². The molecular formula is C20H30N4O2. The Balaban J connectivity index is 2.00. The quantitative estimate of drug-likeness (QED) is 0.901. The summed E-state index contributed by atoms with van der Waals surface area (Å²) in [6, 6.07) is 6.41. The molecule has 3 rings (SSSR count). The van der Waals surface area contributed by atoms with Crippen molar-refractivity contribution in [2.75, 3.05) is 26.0 Å². The van der Waals surface area contributed by atoms with E-state index in [1.54, 1.807) is 0 Å². The second-order valence-electron chi connectivity index (χ2n) is 8.25. The van der Waals surface area contributed by atoms with Gasteiger partial charge in [0.1, 0.15) is 5.82 Å². The molecule has 1 aliphatic heterocycles. The van der Waals surface area contributed by atoms with Crippen LogP contribution < -0.4 is 5.32 Å².